The molecule has 0 aliphatic carbocycles. The molecule has 1 saturated heterocycles. The molecule has 4 aromatic carbocycles. The standard InChI is InChI=1S/C29H22F3N5OS/c1-18-4-3-5-19(2)27(18)37-17-39-28(37)35-34-15-20-6-12-24-21(14-20)7-13-25-26(24)33-16-36(25)22-8-10-23(11-9-22)38-29(30,31)32/h3-16H,17H2,1-2H3/b34-15+,35-28+. The minimum atomic E-state index is -4.73. The number of alkyl halides is 3. The molecule has 39 heavy (non-hydrogen) atoms. The Morgan fingerprint density at radius 2 is 1.74 bits per heavy atom. The van der Waals surface area contributed by atoms with Crippen molar-refractivity contribution in [3.8, 4) is 11.4 Å². The van der Waals surface area contributed by atoms with Gasteiger partial charge in [0.2, 0.25) is 0 Å². The number of ether oxygens (including phenoxy) is 1. The predicted octanol–water partition coefficient (Wildman–Crippen LogP) is 7.59. The molecule has 1 aliphatic rings. The Labute approximate surface area is 226 Å². The molecule has 196 valence electrons. The van der Waals surface area contributed by atoms with Gasteiger partial charge in [-0.3, -0.25) is 4.57 Å². The normalized spacial score (nSPS) is 15.0. The number of aryl methyl sites for hydroxylation is 2. The highest BCUT2D eigenvalue weighted by molar-refractivity contribution is 8.16. The molecule has 1 fully saturated rings. The molecule has 0 radical (unpaired) electrons. The van der Waals surface area contributed by atoms with Crippen molar-refractivity contribution in [2.45, 2.75) is 20.2 Å². The Kier molecular flexibility index (Phi) is 6.26. The third-order valence-electron chi connectivity index (χ3n) is 6.52. The summed E-state index contributed by atoms with van der Waals surface area (Å²) in [5, 5.41) is 11.6. The second-order valence-electron chi connectivity index (χ2n) is 9.14. The number of para-hydroxylation sites is 1. The zero-order chi connectivity index (χ0) is 27.1. The molecule has 1 aliphatic heterocycles. The van der Waals surface area contributed by atoms with Gasteiger partial charge in [-0.25, -0.2) is 4.98 Å². The monoisotopic (exact) mass is 545 g/mol. The van der Waals surface area contributed by atoms with Gasteiger partial charge in [0.05, 0.1) is 23.1 Å². The van der Waals surface area contributed by atoms with Crippen LogP contribution in [0.5, 0.6) is 5.75 Å². The Hall–Kier alpha value is -4.31. The first-order valence-electron chi connectivity index (χ1n) is 12.1. The topological polar surface area (TPSA) is 55.0 Å². The largest absolute Gasteiger partial charge is 0.573 e. The van der Waals surface area contributed by atoms with E-state index in [4.69, 9.17) is 0 Å². The fraction of sp³-hybridized carbons (Fsp3) is 0.138. The fourth-order valence-corrected chi connectivity index (χ4v) is 5.43. The number of rotatable bonds is 5. The van der Waals surface area contributed by atoms with Gasteiger partial charge in [-0.2, -0.15) is 5.10 Å². The summed E-state index contributed by atoms with van der Waals surface area (Å²) in [6.45, 7) is 4.20. The van der Waals surface area contributed by atoms with E-state index in [0.29, 0.717) is 5.69 Å². The molecular formula is C29H22F3N5OS. The molecule has 6 nitrogen and oxygen atoms in total. The van der Waals surface area contributed by atoms with Gasteiger partial charge in [0.15, 0.2) is 5.17 Å². The van der Waals surface area contributed by atoms with Crippen LogP contribution in [0.2, 0.25) is 0 Å². The van der Waals surface area contributed by atoms with Crippen LogP contribution in [-0.2, 0) is 0 Å². The van der Waals surface area contributed by atoms with Crippen LogP contribution in [0.15, 0.2) is 89.3 Å². The first-order chi connectivity index (χ1) is 18.8. The van der Waals surface area contributed by atoms with Gasteiger partial charge in [-0.15, -0.1) is 18.3 Å². The maximum Gasteiger partial charge on any atom is 0.573 e. The summed E-state index contributed by atoms with van der Waals surface area (Å²) >= 11 is 1.66. The van der Waals surface area contributed by atoms with Crippen LogP contribution in [0.4, 0.5) is 18.9 Å². The molecule has 1 aromatic heterocycles. The molecule has 0 atom stereocenters. The number of aromatic nitrogens is 2. The van der Waals surface area contributed by atoms with Crippen LogP contribution < -0.4 is 9.64 Å². The zero-order valence-corrected chi connectivity index (χ0v) is 21.8. The molecule has 5 aromatic rings. The van der Waals surface area contributed by atoms with Gasteiger partial charge in [-0.05, 0) is 72.3 Å². The number of anilines is 1. The Bertz CT molecular complexity index is 1740. The average molecular weight is 546 g/mol. The fourth-order valence-electron chi connectivity index (χ4n) is 4.73. The second-order valence-corrected chi connectivity index (χ2v) is 10.1. The van der Waals surface area contributed by atoms with Crippen LogP contribution in [0.25, 0.3) is 27.5 Å². The van der Waals surface area contributed by atoms with Crippen molar-refractivity contribution in [2.75, 3.05) is 10.8 Å². The maximum absolute atomic E-state index is 12.5. The summed E-state index contributed by atoms with van der Waals surface area (Å²) in [5.74, 6) is 0.582. The first kappa shape index (κ1) is 25.0. The Balaban J connectivity index is 1.23. The number of nitrogens with zero attached hydrogens (tertiary/aromatic N) is 5. The number of fused-ring (bicyclic) bond motifs is 3. The molecule has 10 heteroatoms. The number of hydrogen-bond acceptors (Lipinski definition) is 5. The summed E-state index contributed by atoms with van der Waals surface area (Å²) < 4.78 is 43.2. The van der Waals surface area contributed by atoms with Crippen molar-refractivity contribution in [3.05, 3.63) is 95.8 Å². The van der Waals surface area contributed by atoms with Gasteiger partial charge in [0.25, 0.3) is 0 Å². The quantitative estimate of drug-likeness (QED) is 0.169. The molecule has 6 rings (SSSR count). The molecule has 2 heterocycles. The maximum atomic E-state index is 12.5. The number of hydrogen-bond donors (Lipinski definition) is 0. The number of halogens is 3. The van der Waals surface area contributed by atoms with Crippen molar-refractivity contribution >= 4 is 50.6 Å². The Morgan fingerprint density at radius 1 is 0.974 bits per heavy atom. The third-order valence-corrected chi connectivity index (χ3v) is 7.47. The van der Waals surface area contributed by atoms with E-state index in [1.54, 1.807) is 36.4 Å². The number of benzene rings is 4. The first-order valence-corrected chi connectivity index (χ1v) is 13.1. The molecule has 0 amide bonds. The van der Waals surface area contributed by atoms with Crippen LogP contribution in [0.3, 0.4) is 0 Å². The van der Waals surface area contributed by atoms with Gasteiger partial charge in [-0.1, -0.05) is 48.2 Å². The van der Waals surface area contributed by atoms with E-state index in [2.05, 4.69) is 56.9 Å². The predicted molar refractivity (Wildman–Crippen MR) is 151 cm³/mol. The highest BCUT2D eigenvalue weighted by Crippen LogP contribution is 2.35. The van der Waals surface area contributed by atoms with E-state index in [0.717, 1.165) is 38.4 Å². The van der Waals surface area contributed by atoms with Crippen molar-refractivity contribution in [1.82, 2.24) is 9.55 Å². The van der Waals surface area contributed by atoms with Gasteiger partial charge < -0.3 is 9.64 Å². The van der Waals surface area contributed by atoms with Gasteiger partial charge >= 0.3 is 6.36 Å². The van der Waals surface area contributed by atoms with E-state index in [1.165, 1.54) is 28.9 Å². The SMILES string of the molecule is Cc1cccc(C)c1N1CS/C1=N/N=C/c1ccc2c(ccc3c2ncn3-c2ccc(OC(F)(F)F)cc2)c1. The van der Waals surface area contributed by atoms with Gasteiger partial charge in [0.1, 0.15) is 12.1 Å². The molecule has 0 spiro atoms. The van der Waals surface area contributed by atoms with Crippen LogP contribution in [0.1, 0.15) is 16.7 Å². The van der Waals surface area contributed by atoms with E-state index >= 15 is 0 Å². The van der Waals surface area contributed by atoms with Gasteiger partial charge in [0, 0.05) is 16.8 Å². The zero-order valence-electron chi connectivity index (χ0n) is 21.0. The van der Waals surface area contributed by atoms with Crippen molar-refractivity contribution < 1.29 is 17.9 Å². The summed E-state index contributed by atoms with van der Waals surface area (Å²) in [7, 11) is 0. The van der Waals surface area contributed by atoms with Crippen LogP contribution in [-0.4, -0.2) is 33.2 Å². The van der Waals surface area contributed by atoms with Crippen molar-refractivity contribution in [3.63, 3.8) is 0 Å². The lowest BCUT2D eigenvalue weighted by Crippen LogP contribution is -2.39. The smallest absolute Gasteiger partial charge is 0.406 e. The summed E-state index contributed by atoms with van der Waals surface area (Å²) in [5.41, 5.74) is 6.83. The van der Waals surface area contributed by atoms with E-state index in [9.17, 15) is 13.2 Å². The lowest BCUT2D eigenvalue weighted by molar-refractivity contribution is -0.274. The minimum Gasteiger partial charge on any atom is -0.406 e. The van der Waals surface area contributed by atoms with Crippen molar-refractivity contribution in [2.24, 2.45) is 10.2 Å². The van der Waals surface area contributed by atoms with Crippen LogP contribution in [0, 0.1) is 13.8 Å². The summed E-state index contributed by atoms with van der Waals surface area (Å²) in [6, 6.07) is 21.9. The van der Waals surface area contributed by atoms with E-state index in [1.807, 2.05) is 34.9 Å². The molecule has 0 saturated carbocycles. The second kappa shape index (κ2) is 9.77. The van der Waals surface area contributed by atoms with Crippen LogP contribution >= 0.6 is 11.8 Å². The lowest BCUT2D eigenvalue weighted by atomic mass is 10.1. The highest BCUT2D eigenvalue weighted by Gasteiger charge is 2.31. The lowest BCUT2D eigenvalue weighted by Gasteiger charge is -2.35. The van der Waals surface area contributed by atoms with Crippen molar-refractivity contribution in [1.29, 1.82) is 0 Å². The minimum absolute atomic E-state index is 0.269. The summed E-state index contributed by atoms with van der Waals surface area (Å²) in [4.78, 5) is 6.76. The molecule has 0 unspecified atom stereocenters. The van der Waals surface area contributed by atoms with E-state index < -0.39 is 6.36 Å². The molecule has 0 bridgehead atoms. The average Bonchev–Trinajstić information content (AvgIpc) is 3.32. The third kappa shape index (κ3) is 4.95. The number of thioether (sulfide) groups is 1. The highest BCUT2D eigenvalue weighted by atomic mass is 32.2. The number of amidine groups is 1. The molecule has 0 N–H and O–H groups in total. The van der Waals surface area contributed by atoms with E-state index in [-0.39, 0.29) is 5.75 Å². The Morgan fingerprint density at radius 3 is 2.44 bits per heavy atom. The summed E-state index contributed by atoms with van der Waals surface area (Å²) in [6.07, 6.45) is -1.33. The number of imidazole rings is 1. The molecular weight excluding hydrogens is 523 g/mol.